The number of fused-ring (bicyclic) bond motifs is 2. The molecule has 0 amide bonds. The number of hydrogen-bond acceptors (Lipinski definition) is 3. The van der Waals surface area contributed by atoms with Crippen molar-refractivity contribution in [1.82, 2.24) is 4.90 Å². The average molecular weight is 297 g/mol. The first-order valence-electron chi connectivity index (χ1n) is 7.92. The summed E-state index contributed by atoms with van der Waals surface area (Å²) in [6, 6.07) is 0.341. The Bertz CT molecular complexity index is 455. The highest BCUT2D eigenvalue weighted by atomic mass is 35.5. The Morgan fingerprint density at radius 3 is 2.75 bits per heavy atom. The zero-order valence-corrected chi connectivity index (χ0v) is 13.4. The molecule has 4 heteroatoms. The molecule has 0 aromatic carbocycles. The molecule has 1 saturated carbocycles. The van der Waals surface area contributed by atoms with E-state index in [1.54, 1.807) is 0 Å². The summed E-state index contributed by atoms with van der Waals surface area (Å²) in [6.07, 6.45) is 7.45. The molecule has 1 N–H and O–H groups in total. The van der Waals surface area contributed by atoms with E-state index in [2.05, 4.69) is 30.7 Å². The third-order valence-corrected chi connectivity index (χ3v) is 6.09. The van der Waals surface area contributed by atoms with Crippen LogP contribution in [0.1, 0.15) is 52.9 Å². The Labute approximate surface area is 126 Å². The Balaban J connectivity index is 2.02. The topological polar surface area (TPSA) is 35.8 Å². The van der Waals surface area contributed by atoms with Gasteiger partial charge in [-0.05, 0) is 24.8 Å². The van der Waals surface area contributed by atoms with Crippen molar-refractivity contribution in [2.75, 3.05) is 0 Å². The van der Waals surface area contributed by atoms with Gasteiger partial charge in [-0.1, -0.05) is 51.6 Å². The predicted molar refractivity (Wildman–Crippen MR) is 82.8 cm³/mol. The van der Waals surface area contributed by atoms with Crippen molar-refractivity contribution >= 4 is 16.8 Å². The molecule has 112 valence electrons. The van der Waals surface area contributed by atoms with Crippen molar-refractivity contribution in [3.8, 4) is 0 Å². The summed E-state index contributed by atoms with van der Waals surface area (Å²) in [5.41, 5.74) is 1.13. The van der Waals surface area contributed by atoms with Crippen LogP contribution in [0.4, 0.5) is 0 Å². The fraction of sp³-hybridized carbons (Fsp3) is 0.812. The fourth-order valence-electron chi connectivity index (χ4n) is 4.31. The molecule has 3 rings (SSSR count). The molecule has 3 aliphatic rings. The van der Waals surface area contributed by atoms with Crippen LogP contribution in [0.25, 0.3) is 0 Å². The molecule has 1 aliphatic carbocycles. The van der Waals surface area contributed by atoms with Crippen molar-refractivity contribution in [3.05, 3.63) is 11.8 Å². The second kappa shape index (κ2) is 5.03. The van der Waals surface area contributed by atoms with E-state index in [9.17, 15) is 5.11 Å². The second-order valence-electron chi connectivity index (χ2n) is 6.78. The number of hydrogen-bond donors (Lipinski definition) is 1. The van der Waals surface area contributed by atoms with E-state index in [1.807, 2.05) is 6.08 Å². The Morgan fingerprint density at radius 2 is 2.15 bits per heavy atom. The summed E-state index contributed by atoms with van der Waals surface area (Å²) >= 11 is 6.19. The van der Waals surface area contributed by atoms with Gasteiger partial charge in [0, 0.05) is 17.2 Å². The molecule has 1 saturated heterocycles. The molecule has 2 aliphatic heterocycles. The van der Waals surface area contributed by atoms with E-state index >= 15 is 0 Å². The quantitative estimate of drug-likeness (QED) is 0.865. The Hall–Kier alpha value is -0.540. The van der Waals surface area contributed by atoms with Gasteiger partial charge in [0.2, 0.25) is 0 Å². The molecule has 3 nitrogen and oxygen atoms in total. The SMILES string of the molecule is CC[C@H](C)[C@@]1(C)C2=CC(Cl)=NC1C(O)N2C1CCCC1. The maximum absolute atomic E-state index is 10.8. The standard InChI is InChI=1S/C16H25ClN2O/c1-4-10(2)16(3)12-9-13(17)18-14(16)15(20)19(12)11-7-5-6-8-11/h9-11,14-15,20H,4-8H2,1-3H3/t10-,14?,15?,16-/m0/s1. The predicted octanol–water partition coefficient (Wildman–Crippen LogP) is 3.52. The smallest absolute Gasteiger partial charge is 0.150 e. The molecule has 0 spiro atoms. The maximum Gasteiger partial charge on any atom is 0.150 e. The summed E-state index contributed by atoms with van der Waals surface area (Å²) in [6.45, 7) is 6.73. The van der Waals surface area contributed by atoms with Crippen LogP contribution in [0.5, 0.6) is 0 Å². The molecule has 2 heterocycles. The van der Waals surface area contributed by atoms with Gasteiger partial charge in [0.15, 0.2) is 6.23 Å². The number of aliphatic hydroxyl groups is 1. The third-order valence-electron chi connectivity index (χ3n) is 5.88. The number of allylic oxidation sites excluding steroid dienone is 1. The molecule has 20 heavy (non-hydrogen) atoms. The molecule has 0 aromatic heterocycles. The van der Waals surface area contributed by atoms with Gasteiger partial charge in [0.1, 0.15) is 11.2 Å². The van der Waals surface area contributed by atoms with Crippen molar-refractivity contribution in [2.24, 2.45) is 16.3 Å². The molecule has 2 unspecified atom stereocenters. The number of aliphatic hydroxyl groups excluding tert-OH is 1. The van der Waals surface area contributed by atoms with E-state index in [-0.39, 0.29) is 11.5 Å². The highest BCUT2D eigenvalue weighted by Gasteiger charge is 2.58. The lowest BCUT2D eigenvalue weighted by Crippen LogP contribution is -2.41. The van der Waals surface area contributed by atoms with Crippen LogP contribution < -0.4 is 0 Å². The highest BCUT2D eigenvalue weighted by molar-refractivity contribution is 6.68. The summed E-state index contributed by atoms with van der Waals surface area (Å²) in [4.78, 5) is 6.82. The van der Waals surface area contributed by atoms with Gasteiger partial charge >= 0.3 is 0 Å². The summed E-state index contributed by atoms with van der Waals surface area (Å²) in [5.74, 6) is 0.480. The van der Waals surface area contributed by atoms with E-state index in [4.69, 9.17) is 11.6 Å². The van der Waals surface area contributed by atoms with Crippen LogP contribution >= 0.6 is 11.6 Å². The van der Waals surface area contributed by atoms with Crippen molar-refractivity contribution in [2.45, 2.75) is 71.2 Å². The molecule has 2 bridgehead atoms. The average Bonchev–Trinajstić information content (AvgIpc) is 2.97. The number of likely N-dealkylation sites (tertiary alicyclic amines) is 1. The number of aliphatic imine (C=N–C) groups is 1. The summed E-state index contributed by atoms with van der Waals surface area (Å²) in [7, 11) is 0. The number of halogens is 1. The first kappa shape index (κ1) is 14.4. The molecule has 0 radical (unpaired) electrons. The molecule has 4 atom stereocenters. The van der Waals surface area contributed by atoms with Gasteiger partial charge in [0.05, 0.1) is 0 Å². The van der Waals surface area contributed by atoms with Crippen LogP contribution in [0.15, 0.2) is 16.8 Å². The van der Waals surface area contributed by atoms with Gasteiger partial charge in [-0.15, -0.1) is 0 Å². The lowest BCUT2D eigenvalue weighted by molar-refractivity contribution is 0.0123. The number of nitrogens with zero attached hydrogens (tertiary/aromatic N) is 2. The Kier molecular flexibility index (Phi) is 3.62. The zero-order chi connectivity index (χ0) is 14.5. The molecular formula is C16H25ClN2O. The molecule has 0 aromatic rings. The van der Waals surface area contributed by atoms with Gasteiger partial charge in [-0.2, -0.15) is 0 Å². The minimum Gasteiger partial charge on any atom is -0.371 e. The van der Waals surface area contributed by atoms with Crippen molar-refractivity contribution in [3.63, 3.8) is 0 Å². The highest BCUT2D eigenvalue weighted by Crippen LogP contribution is 2.54. The minimum absolute atomic E-state index is 0.0881. The first-order chi connectivity index (χ1) is 9.50. The van der Waals surface area contributed by atoms with E-state index in [1.165, 1.54) is 31.4 Å². The van der Waals surface area contributed by atoms with Crippen molar-refractivity contribution in [1.29, 1.82) is 0 Å². The maximum atomic E-state index is 10.8. The summed E-state index contributed by atoms with van der Waals surface area (Å²) < 4.78 is 0. The third kappa shape index (κ3) is 1.86. The fourth-order valence-corrected chi connectivity index (χ4v) is 4.52. The number of dihydropyridines is 1. The second-order valence-corrected chi connectivity index (χ2v) is 7.16. The van der Waals surface area contributed by atoms with Crippen LogP contribution in [-0.2, 0) is 0 Å². The van der Waals surface area contributed by atoms with Crippen molar-refractivity contribution < 1.29 is 5.11 Å². The van der Waals surface area contributed by atoms with Crippen LogP contribution in [0, 0.1) is 11.3 Å². The van der Waals surface area contributed by atoms with E-state index in [0.717, 1.165) is 6.42 Å². The molecular weight excluding hydrogens is 272 g/mol. The van der Waals surface area contributed by atoms with Gasteiger partial charge in [-0.25, -0.2) is 0 Å². The van der Waals surface area contributed by atoms with Crippen LogP contribution in [0.3, 0.4) is 0 Å². The lowest BCUT2D eigenvalue weighted by Gasteiger charge is -2.39. The van der Waals surface area contributed by atoms with Gasteiger partial charge in [0.25, 0.3) is 0 Å². The minimum atomic E-state index is -0.514. The van der Waals surface area contributed by atoms with Crippen LogP contribution in [0.2, 0.25) is 0 Å². The molecule has 2 fully saturated rings. The van der Waals surface area contributed by atoms with E-state index < -0.39 is 6.23 Å². The monoisotopic (exact) mass is 296 g/mol. The van der Waals surface area contributed by atoms with Gasteiger partial charge < -0.3 is 10.0 Å². The zero-order valence-electron chi connectivity index (χ0n) is 12.6. The Morgan fingerprint density at radius 1 is 1.50 bits per heavy atom. The normalized spacial score (nSPS) is 39.0. The summed E-state index contributed by atoms with van der Waals surface area (Å²) in [5, 5.41) is 11.4. The van der Waals surface area contributed by atoms with Crippen LogP contribution in [-0.4, -0.2) is 33.5 Å². The van der Waals surface area contributed by atoms with E-state index in [0.29, 0.717) is 17.1 Å². The van der Waals surface area contributed by atoms with Gasteiger partial charge in [-0.3, -0.25) is 4.99 Å². The lowest BCUT2D eigenvalue weighted by atomic mass is 9.70. The largest absolute Gasteiger partial charge is 0.371 e. The first-order valence-corrected chi connectivity index (χ1v) is 8.29. The number of rotatable bonds is 3.